The lowest BCUT2D eigenvalue weighted by Gasteiger charge is -2.25. The molecule has 2 aliphatic rings. The Hall–Kier alpha value is -1.59. The van der Waals surface area contributed by atoms with E-state index in [1.807, 2.05) is 18.2 Å². The molecule has 2 aliphatic heterocycles. The number of benzene rings is 1. The van der Waals surface area contributed by atoms with Gasteiger partial charge in [-0.25, -0.2) is 0 Å². The number of nitrogens with zero attached hydrogens (tertiary/aromatic N) is 1. The van der Waals surface area contributed by atoms with Crippen LogP contribution in [0.4, 0.5) is 5.69 Å². The summed E-state index contributed by atoms with van der Waals surface area (Å²) in [5, 5.41) is 3.09. The first-order chi connectivity index (χ1) is 10.2. The second-order valence-corrected chi connectivity index (χ2v) is 5.71. The van der Waals surface area contributed by atoms with Gasteiger partial charge in [0, 0.05) is 24.3 Å². The minimum absolute atomic E-state index is 0.0539. The zero-order chi connectivity index (χ0) is 14.7. The molecule has 3 rings (SSSR count). The van der Waals surface area contributed by atoms with Crippen LogP contribution in [0.2, 0.25) is 0 Å². The van der Waals surface area contributed by atoms with Crippen LogP contribution >= 0.6 is 0 Å². The molecule has 0 aliphatic carbocycles. The van der Waals surface area contributed by atoms with E-state index in [9.17, 15) is 4.79 Å². The molecule has 1 aromatic carbocycles. The lowest BCUT2D eigenvalue weighted by molar-refractivity contribution is -0.148. The average Bonchev–Trinajstić information content (AvgIpc) is 2.89. The highest BCUT2D eigenvalue weighted by molar-refractivity contribution is 5.81. The van der Waals surface area contributed by atoms with E-state index in [0.29, 0.717) is 25.9 Å². The number of amides is 1. The van der Waals surface area contributed by atoms with Gasteiger partial charge < -0.3 is 19.7 Å². The highest BCUT2D eigenvalue weighted by atomic mass is 16.6. The van der Waals surface area contributed by atoms with Crippen LogP contribution in [0.1, 0.15) is 13.3 Å². The number of carbonyl (C=O) groups is 1. The normalized spacial score (nSPS) is 29.4. The van der Waals surface area contributed by atoms with E-state index in [2.05, 4.69) is 29.3 Å². The molecular weight excluding hydrogens is 268 g/mol. The van der Waals surface area contributed by atoms with Crippen LogP contribution in [0.15, 0.2) is 30.3 Å². The van der Waals surface area contributed by atoms with Crippen molar-refractivity contribution in [1.29, 1.82) is 0 Å². The first kappa shape index (κ1) is 14.4. The fourth-order valence-electron chi connectivity index (χ4n) is 3.05. The Morgan fingerprint density at radius 1 is 1.29 bits per heavy atom. The molecule has 0 unspecified atom stereocenters. The Morgan fingerprint density at radius 2 is 2.10 bits per heavy atom. The fourth-order valence-corrected chi connectivity index (χ4v) is 3.05. The summed E-state index contributed by atoms with van der Waals surface area (Å²) in [6.45, 7) is 4.46. The van der Waals surface area contributed by atoms with E-state index in [-0.39, 0.29) is 11.9 Å². The van der Waals surface area contributed by atoms with Crippen molar-refractivity contribution >= 4 is 11.6 Å². The third-order valence-corrected chi connectivity index (χ3v) is 4.12. The summed E-state index contributed by atoms with van der Waals surface area (Å²) < 4.78 is 10.7. The molecule has 5 nitrogen and oxygen atoms in total. The quantitative estimate of drug-likeness (QED) is 0.908. The highest BCUT2D eigenvalue weighted by Gasteiger charge is 2.32. The summed E-state index contributed by atoms with van der Waals surface area (Å²) >= 11 is 0. The molecule has 114 valence electrons. The second kappa shape index (κ2) is 6.45. The van der Waals surface area contributed by atoms with Gasteiger partial charge in [0.15, 0.2) is 6.10 Å². The molecule has 3 atom stereocenters. The molecule has 2 saturated heterocycles. The first-order valence-corrected chi connectivity index (χ1v) is 7.55. The van der Waals surface area contributed by atoms with Crippen molar-refractivity contribution in [2.75, 3.05) is 31.3 Å². The van der Waals surface area contributed by atoms with Gasteiger partial charge in [0.25, 0.3) is 5.91 Å². The van der Waals surface area contributed by atoms with Crippen LogP contribution in [0.25, 0.3) is 0 Å². The number of ether oxygens (including phenoxy) is 2. The minimum Gasteiger partial charge on any atom is -0.376 e. The van der Waals surface area contributed by atoms with Crippen LogP contribution in [-0.2, 0) is 14.3 Å². The molecule has 0 saturated carbocycles. The van der Waals surface area contributed by atoms with Crippen molar-refractivity contribution in [1.82, 2.24) is 5.32 Å². The smallest absolute Gasteiger partial charge is 0.251 e. The summed E-state index contributed by atoms with van der Waals surface area (Å²) in [4.78, 5) is 14.5. The van der Waals surface area contributed by atoms with Crippen molar-refractivity contribution in [3.8, 4) is 0 Å². The molecule has 2 heterocycles. The van der Waals surface area contributed by atoms with E-state index in [0.717, 1.165) is 13.0 Å². The maximum absolute atomic E-state index is 12.2. The zero-order valence-corrected chi connectivity index (χ0v) is 12.3. The van der Waals surface area contributed by atoms with Crippen molar-refractivity contribution in [2.24, 2.45) is 0 Å². The fraction of sp³-hybridized carbons (Fsp3) is 0.562. The first-order valence-electron chi connectivity index (χ1n) is 7.55. The number of hydrogen-bond donors (Lipinski definition) is 1. The monoisotopic (exact) mass is 290 g/mol. The third-order valence-electron chi connectivity index (χ3n) is 4.12. The van der Waals surface area contributed by atoms with Crippen LogP contribution in [0.3, 0.4) is 0 Å². The summed E-state index contributed by atoms with van der Waals surface area (Å²) in [6, 6.07) is 10.9. The van der Waals surface area contributed by atoms with Gasteiger partial charge in [-0.1, -0.05) is 18.2 Å². The number of carbonyl (C=O) groups excluding carboxylic acids is 1. The van der Waals surface area contributed by atoms with E-state index in [1.54, 1.807) is 0 Å². The lowest BCUT2D eigenvalue weighted by atomic mass is 10.2. The van der Waals surface area contributed by atoms with E-state index in [1.165, 1.54) is 5.69 Å². The summed E-state index contributed by atoms with van der Waals surface area (Å²) in [5.41, 5.74) is 1.21. The van der Waals surface area contributed by atoms with Crippen LogP contribution in [0.5, 0.6) is 0 Å². The topological polar surface area (TPSA) is 50.8 Å². The van der Waals surface area contributed by atoms with Gasteiger partial charge >= 0.3 is 0 Å². The van der Waals surface area contributed by atoms with Crippen LogP contribution in [-0.4, -0.2) is 50.5 Å². The van der Waals surface area contributed by atoms with Gasteiger partial charge in [0.2, 0.25) is 0 Å². The lowest BCUT2D eigenvalue weighted by Crippen LogP contribution is -2.47. The number of rotatable bonds is 3. The molecular formula is C16H22N2O3. The minimum atomic E-state index is -0.458. The predicted molar refractivity (Wildman–Crippen MR) is 80.4 cm³/mol. The van der Waals surface area contributed by atoms with Gasteiger partial charge in [-0.15, -0.1) is 0 Å². The maximum Gasteiger partial charge on any atom is 0.251 e. The van der Waals surface area contributed by atoms with E-state index in [4.69, 9.17) is 9.47 Å². The van der Waals surface area contributed by atoms with Crippen LogP contribution < -0.4 is 10.2 Å². The summed E-state index contributed by atoms with van der Waals surface area (Å²) in [5.74, 6) is -0.0539. The molecule has 2 fully saturated rings. The summed E-state index contributed by atoms with van der Waals surface area (Å²) in [6.07, 6.45) is 0.494. The number of para-hydroxylation sites is 1. The number of nitrogens with one attached hydrogen (secondary N) is 1. The Balaban J connectivity index is 1.57. The molecule has 0 spiro atoms. The Kier molecular flexibility index (Phi) is 4.41. The molecule has 21 heavy (non-hydrogen) atoms. The molecule has 0 bridgehead atoms. The van der Waals surface area contributed by atoms with E-state index < -0.39 is 6.10 Å². The average molecular weight is 290 g/mol. The highest BCUT2D eigenvalue weighted by Crippen LogP contribution is 2.25. The van der Waals surface area contributed by atoms with Gasteiger partial charge in [-0.05, 0) is 25.5 Å². The Morgan fingerprint density at radius 3 is 2.81 bits per heavy atom. The van der Waals surface area contributed by atoms with Gasteiger partial charge in [-0.2, -0.15) is 0 Å². The largest absolute Gasteiger partial charge is 0.376 e. The zero-order valence-electron chi connectivity index (χ0n) is 12.3. The van der Waals surface area contributed by atoms with E-state index >= 15 is 0 Å². The molecule has 5 heteroatoms. The molecule has 1 N–H and O–H groups in total. The molecule has 0 radical (unpaired) electrons. The Bertz CT molecular complexity index is 474. The number of anilines is 1. The molecule has 1 amide bonds. The third kappa shape index (κ3) is 3.36. The standard InChI is InChI=1S/C16H22N2O3/c1-12-9-13(10-18(12)14-5-3-2-4-6-14)17-16(19)15-11-20-7-8-21-15/h2-6,12-13,15H,7-11H2,1H3,(H,17,19)/t12-,13+,15-/m1/s1. The Labute approximate surface area is 125 Å². The van der Waals surface area contributed by atoms with Gasteiger partial charge in [-0.3, -0.25) is 4.79 Å². The van der Waals surface area contributed by atoms with Crippen LogP contribution in [0, 0.1) is 0 Å². The SMILES string of the molecule is C[C@@H]1C[C@H](NC(=O)[C@H]2COCCO2)CN1c1ccccc1. The molecule has 0 aromatic heterocycles. The predicted octanol–water partition coefficient (Wildman–Crippen LogP) is 1.19. The second-order valence-electron chi connectivity index (χ2n) is 5.71. The van der Waals surface area contributed by atoms with Gasteiger partial charge in [0.05, 0.1) is 19.8 Å². The summed E-state index contributed by atoms with van der Waals surface area (Å²) in [7, 11) is 0. The van der Waals surface area contributed by atoms with Crippen molar-refractivity contribution in [3.63, 3.8) is 0 Å². The maximum atomic E-state index is 12.2. The van der Waals surface area contributed by atoms with Crippen molar-refractivity contribution in [2.45, 2.75) is 31.5 Å². The van der Waals surface area contributed by atoms with Crippen molar-refractivity contribution in [3.05, 3.63) is 30.3 Å². The number of hydrogen-bond acceptors (Lipinski definition) is 4. The molecule has 1 aromatic rings. The van der Waals surface area contributed by atoms with Crippen molar-refractivity contribution < 1.29 is 14.3 Å². The van der Waals surface area contributed by atoms with Gasteiger partial charge in [0.1, 0.15) is 0 Å².